The van der Waals surface area contributed by atoms with Gasteiger partial charge in [0, 0.05) is 36.2 Å². The molecule has 0 atom stereocenters. The van der Waals surface area contributed by atoms with Gasteiger partial charge in [-0.1, -0.05) is 64.5 Å². The summed E-state index contributed by atoms with van der Waals surface area (Å²) in [5, 5.41) is 16.7. The quantitative estimate of drug-likeness (QED) is 0.581. The normalized spacial score (nSPS) is 16.9. The van der Waals surface area contributed by atoms with Crippen LogP contribution in [0.5, 0.6) is 5.75 Å². The van der Waals surface area contributed by atoms with Gasteiger partial charge in [0.25, 0.3) is 0 Å². The standard InChI is InChI=1S/C24H22BrN3O/c25-18-9-10-23(29)17(15-18)16-26-28-13-11-27(12-14-28)24-21-7-3-1-5-19(21)20-6-2-4-8-22(20)24/h1-10,15-16,24,29H,11-14H2/b26-16-. The van der Waals surface area contributed by atoms with Crippen molar-refractivity contribution in [2.45, 2.75) is 6.04 Å². The van der Waals surface area contributed by atoms with E-state index in [-0.39, 0.29) is 5.75 Å². The van der Waals surface area contributed by atoms with Crippen LogP contribution in [-0.4, -0.2) is 47.4 Å². The highest BCUT2D eigenvalue weighted by molar-refractivity contribution is 9.10. The number of piperazine rings is 1. The summed E-state index contributed by atoms with van der Waals surface area (Å²) in [6, 6.07) is 23.2. The number of benzene rings is 3. The molecule has 1 N–H and O–H groups in total. The van der Waals surface area contributed by atoms with Gasteiger partial charge >= 0.3 is 0 Å². The largest absolute Gasteiger partial charge is 0.507 e. The molecular weight excluding hydrogens is 426 g/mol. The molecule has 0 saturated carbocycles. The molecule has 0 unspecified atom stereocenters. The number of nitrogens with zero attached hydrogens (tertiary/aromatic N) is 3. The third-order valence-corrected chi connectivity index (χ3v) is 6.30. The highest BCUT2D eigenvalue weighted by Gasteiger charge is 2.33. The van der Waals surface area contributed by atoms with Crippen LogP contribution in [0.1, 0.15) is 22.7 Å². The minimum absolute atomic E-state index is 0.245. The SMILES string of the molecule is Oc1ccc(Br)cc1/C=N\N1CCN(C2c3ccccc3-c3ccccc32)CC1. The minimum Gasteiger partial charge on any atom is -0.507 e. The van der Waals surface area contributed by atoms with Gasteiger partial charge in [-0.2, -0.15) is 5.10 Å². The summed E-state index contributed by atoms with van der Waals surface area (Å²) in [5.74, 6) is 0.245. The summed E-state index contributed by atoms with van der Waals surface area (Å²) in [5.41, 5.74) is 6.26. The Bertz CT molecular complexity index is 1030. The first-order chi connectivity index (χ1) is 14.2. The van der Waals surface area contributed by atoms with Crippen LogP contribution < -0.4 is 0 Å². The molecule has 3 aromatic rings. The highest BCUT2D eigenvalue weighted by atomic mass is 79.9. The molecule has 3 aromatic carbocycles. The molecule has 0 aromatic heterocycles. The lowest BCUT2D eigenvalue weighted by Crippen LogP contribution is -2.45. The van der Waals surface area contributed by atoms with Gasteiger partial charge in [-0.15, -0.1) is 0 Å². The fourth-order valence-electron chi connectivity index (χ4n) is 4.38. The van der Waals surface area contributed by atoms with Gasteiger partial charge in [-0.25, -0.2) is 0 Å². The van der Waals surface area contributed by atoms with Gasteiger partial charge in [-0.3, -0.25) is 9.91 Å². The van der Waals surface area contributed by atoms with Crippen molar-refractivity contribution in [3.63, 3.8) is 0 Å². The summed E-state index contributed by atoms with van der Waals surface area (Å²) in [7, 11) is 0. The zero-order chi connectivity index (χ0) is 19.8. The molecule has 5 rings (SSSR count). The Balaban J connectivity index is 1.32. The van der Waals surface area contributed by atoms with Gasteiger partial charge in [0.15, 0.2) is 0 Å². The van der Waals surface area contributed by atoms with Crippen LogP contribution in [-0.2, 0) is 0 Å². The van der Waals surface area contributed by atoms with E-state index in [2.05, 4.69) is 79.5 Å². The lowest BCUT2D eigenvalue weighted by molar-refractivity contribution is 0.114. The Hall–Kier alpha value is -2.63. The molecule has 5 heteroatoms. The van der Waals surface area contributed by atoms with Crippen molar-refractivity contribution in [1.82, 2.24) is 9.91 Å². The Labute approximate surface area is 179 Å². The molecule has 0 radical (unpaired) electrons. The van der Waals surface area contributed by atoms with Crippen LogP contribution in [0.15, 0.2) is 76.3 Å². The Morgan fingerprint density at radius 2 is 1.48 bits per heavy atom. The fraction of sp³-hybridized carbons (Fsp3) is 0.208. The highest BCUT2D eigenvalue weighted by Crippen LogP contribution is 2.46. The second kappa shape index (κ2) is 7.65. The number of rotatable bonds is 3. The monoisotopic (exact) mass is 447 g/mol. The molecule has 0 bridgehead atoms. The molecule has 0 amide bonds. The van der Waals surface area contributed by atoms with Gasteiger partial charge in [-0.05, 0) is 40.5 Å². The number of halogens is 1. The Kier molecular flexibility index (Phi) is 4.86. The topological polar surface area (TPSA) is 39.1 Å². The lowest BCUT2D eigenvalue weighted by Gasteiger charge is -2.37. The molecule has 1 aliphatic carbocycles. The third-order valence-electron chi connectivity index (χ3n) is 5.81. The van der Waals surface area contributed by atoms with E-state index in [0.717, 1.165) is 36.2 Å². The number of hydrazone groups is 1. The molecule has 29 heavy (non-hydrogen) atoms. The second-order valence-electron chi connectivity index (χ2n) is 7.51. The smallest absolute Gasteiger partial charge is 0.124 e. The number of hydrogen-bond acceptors (Lipinski definition) is 4. The zero-order valence-corrected chi connectivity index (χ0v) is 17.6. The van der Waals surface area contributed by atoms with E-state index in [1.807, 2.05) is 12.1 Å². The summed E-state index contributed by atoms with van der Waals surface area (Å²) >= 11 is 3.44. The summed E-state index contributed by atoms with van der Waals surface area (Å²) in [6.45, 7) is 3.64. The van der Waals surface area contributed by atoms with Crippen molar-refractivity contribution < 1.29 is 5.11 Å². The number of fused-ring (bicyclic) bond motifs is 3. The average molecular weight is 448 g/mol. The van der Waals surface area contributed by atoms with E-state index < -0.39 is 0 Å². The Morgan fingerprint density at radius 3 is 2.14 bits per heavy atom. The lowest BCUT2D eigenvalue weighted by atomic mass is 10.0. The van der Waals surface area contributed by atoms with Crippen molar-refractivity contribution >= 4 is 22.1 Å². The zero-order valence-electron chi connectivity index (χ0n) is 16.0. The minimum atomic E-state index is 0.245. The summed E-state index contributed by atoms with van der Waals surface area (Å²) in [4.78, 5) is 2.56. The van der Waals surface area contributed by atoms with E-state index in [4.69, 9.17) is 0 Å². The third kappa shape index (κ3) is 3.45. The van der Waals surface area contributed by atoms with Crippen molar-refractivity contribution in [2.24, 2.45) is 5.10 Å². The molecule has 146 valence electrons. The second-order valence-corrected chi connectivity index (χ2v) is 8.43. The van der Waals surface area contributed by atoms with Crippen LogP contribution in [0.4, 0.5) is 0 Å². The summed E-state index contributed by atoms with van der Waals surface area (Å²) in [6.07, 6.45) is 1.75. The number of phenols is 1. The van der Waals surface area contributed by atoms with Crippen LogP contribution >= 0.6 is 15.9 Å². The number of aromatic hydroxyl groups is 1. The number of hydrogen-bond donors (Lipinski definition) is 1. The Morgan fingerprint density at radius 1 is 0.862 bits per heavy atom. The molecule has 1 saturated heterocycles. The molecule has 0 spiro atoms. The fourth-order valence-corrected chi connectivity index (χ4v) is 4.76. The van der Waals surface area contributed by atoms with E-state index in [0.29, 0.717) is 6.04 Å². The van der Waals surface area contributed by atoms with Gasteiger partial charge in [0.05, 0.1) is 12.3 Å². The van der Waals surface area contributed by atoms with E-state index >= 15 is 0 Å². The van der Waals surface area contributed by atoms with E-state index in [1.165, 1.54) is 22.3 Å². The maximum Gasteiger partial charge on any atom is 0.124 e. The molecule has 4 nitrogen and oxygen atoms in total. The first kappa shape index (κ1) is 18.4. The van der Waals surface area contributed by atoms with Crippen LogP contribution in [0.2, 0.25) is 0 Å². The van der Waals surface area contributed by atoms with Crippen molar-refractivity contribution in [3.8, 4) is 16.9 Å². The molecule has 2 aliphatic rings. The van der Waals surface area contributed by atoms with E-state index in [9.17, 15) is 5.11 Å². The van der Waals surface area contributed by atoms with Crippen molar-refractivity contribution in [3.05, 3.63) is 87.9 Å². The van der Waals surface area contributed by atoms with E-state index in [1.54, 1.807) is 12.3 Å². The van der Waals surface area contributed by atoms with Gasteiger partial charge in [0.2, 0.25) is 0 Å². The van der Waals surface area contributed by atoms with Crippen LogP contribution in [0, 0.1) is 0 Å². The maximum atomic E-state index is 10.00. The molecule has 1 aliphatic heterocycles. The first-order valence-electron chi connectivity index (χ1n) is 9.90. The first-order valence-corrected chi connectivity index (χ1v) is 10.7. The van der Waals surface area contributed by atoms with Crippen LogP contribution in [0.3, 0.4) is 0 Å². The molecular formula is C24H22BrN3O. The predicted molar refractivity (Wildman–Crippen MR) is 120 cm³/mol. The molecule has 1 heterocycles. The van der Waals surface area contributed by atoms with Gasteiger partial charge in [0.1, 0.15) is 5.75 Å². The molecule has 1 fully saturated rings. The van der Waals surface area contributed by atoms with Crippen molar-refractivity contribution in [1.29, 1.82) is 0 Å². The maximum absolute atomic E-state index is 10.00. The van der Waals surface area contributed by atoms with Gasteiger partial charge < -0.3 is 5.11 Å². The predicted octanol–water partition coefficient (Wildman–Crippen LogP) is 4.88. The number of phenolic OH excluding ortho intramolecular Hbond substituents is 1. The average Bonchev–Trinajstić information content (AvgIpc) is 3.09. The van der Waals surface area contributed by atoms with Crippen LogP contribution in [0.25, 0.3) is 11.1 Å². The van der Waals surface area contributed by atoms with Crippen molar-refractivity contribution in [2.75, 3.05) is 26.2 Å². The summed E-state index contributed by atoms with van der Waals surface area (Å²) < 4.78 is 0.931.